The number of rotatable bonds is 6. The quantitative estimate of drug-likeness (QED) is 0.790. The molecule has 1 saturated carbocycles. The second-order valence-electron chi connectivity index (χ2n) is 7.60. The first-order valence-electron chi connectivity index (χ1n) is 8.24. The lowest BCUT2D eigenvalue weighted by Crippen LogP contribution is -2.48. The fourth-order valence-electron chi connectivity index (χ4n) is 3.58. The van der Waals surface area contributed by atoms with Crippen LogP contribution in [0.3, 0.4) is 0 Å². The maximum atomic E-state index is 3.68. The molecule has 0 atom stereocenters. The number of nitrogens with one attached hydrogen (secondary N) is 1. The van der Waals surface area contributed by atoms with E-state index in [0.29, 0.717) is 11.3 Å². The lowest BCUT2D eigenvalue weighted by molar-refractivity contribution is 0.151. The molecule has 1 N–H and O–H groups in total. The van der Waals surface area contributed by atoms with E-state index in [2.05, 4.69) is 64.2 Å². The molecule has 2 rings (SSSR count). The van der Waals surface area contributed by atoms with Crippen molar-refractivity contribution in [1.29, 1.82) is 0 Å². The van der Waals surface area contributed by atoms with Crippen molar-refractivity contribution in [1.82, 2.24) is 5.32 Å². The van der Waals surface area contributed by atoms with E-state index in [1.54, 1.807) is 0 Å². The van der Waals surface area contributed by atoms with Crippen molar-refractivity contribution in [3.05, 3.63) is 35.4 Å². The maximum absolute atomic E-state index is 3.68. The van der Waals surface area contributed by atoms with Crippen molar-refractivity contribution in [2.45, 2.75) is 58.8 Å². The molecule has 0 unspecified atom stereocenters. The van der Waals surface area contributed by atoms with Crippen LogP contribution in [-0.2, 0) is 5.41 Å². The molecule has 0 bridgehead atoms. The van der Waals surface area contributed by atoms with Gasteiger partial charge in [0.15, 0.2) is 0 Å². The second-order valence-corrected chi connectivity index (χ2v) is 7.60. The maximum Gasteiger partial charge on any atom is 0.00828 e. The van der Waals surface area contributed by atoms with Crippen LogP contribution in [-0.4, -0.2) is 13.1 Å². The van der Waals surface area contributed by atoms with Crippen LogP contribution < -0.4 is 5.32 Å². The molecule has 1 aromatic carbocycles. The standard InChI is InChI=1S/C19H31N/c1-14(2)12-20-13-19(10-16(5)11-19)18-8-6-17(7-9-18)15(3)4/h6-9,14-16,20H,10-13H2,1-5H3. The molecule has 0 amide bonds. The SMILES string of the molecule is CC(C)CNCC1(c2ccc(C(C)C)cc2)CC(C)C1. The Hall–Kier alpha value is -0.820. The van der Waals surface area contributed by atoms with E-state index in [1.807, 2.05) is 0 Å². The van der Waals surface area contributed by atoms with Gasteiger partial charge in [0, 0.05) is 12.0 Å². The summed E-state index contributed by atoms with van der Waals surface area (Å²) in [5.41, 5.74) is 3.38. The van der Waals surface area contributed by atoms with E-state index in [4.69, 9.17) is 0 Å². The summed E-state index contributed by atoms with van der Waals surface area (Å²) in [6.07, 6.45) is 2.66. The summed E-state index contributed by atoms with van der Waals surface area (Å²) in [4.78, 5) is 0. The number of benzene rings is 1. The number of hydrogen-bond donors (Lipinski definition) is 1. The van der Waals surface area contributed by atoms with Crippen LogP contribution in [0.4, 0.5) is 0 Å². The summed E-state index contributed by atoms with van der Waals surface area (Å²) in [5, 5.41) is 3.68. The van der Waals surface area contributed by atoms with Crippen LogP contribution >= 0.6 is 0 Å². The van der Waals surface area contributed by atoms with Gasteiger partial charge in [0.1, 0.15) is 0 Å². The van der Waals surface area contributed by atoms with Crippen molar-refractivity contribution >= 4 is 0 Å². The van der Waals surface area contributed by atoms with E-state index < -0.39 is 0 Å². The molecule has 112 valence electrons. The molecule has 1 aromatic rings. The highest BCUT2D eigenvalue weighted by atomic mass is 14.9. The first-order valence-corrected chi connectivity index (χ1v) is 8.24. The van der Waals surface area contributed by atoms with Crippen LogP contribution in [0.25, 0.3) is 0 Å². The molecule has 1 fully saturated rings. The van der Waals surface area contributed by atoms with Gasteiger partial charge in [0.2, 0.25) is 0 Å². The minimum atomic E-state index is 0.393. The minimum absolute atomic E-state index is 0.393. The van der Waals surface area contributed by atoms with E-state index >= 15 is 0 Å². The van der Waals surface area contributed by atoms with Crippen LogP contribution in [0.15, 0.2) is 24.3 Å². The summed E-state index contributed by atoms with van der Waals surface area (Å²) < 4.78 is 0. The minimum Gasteiger partial charge on any atom is -0.316 e. The van der Waals surface area contributed by atoms with Gasteiger partial charge < -0.3 is 5.32 Å². The van der Waals surface area contributed by atoms with Gasteiger partial charge in [-0.1, -0.05) is 58.9 Å². The third kappa shape index (κ3) is 3.44. The molecule has 0 saturated heterocycles. The lowest BCUT2D eigenvalue weighted by atomic mass is 9.59. The van der Waals surface area contributed by atoms with Gasteiger partial charge in [0.05, 0.1) is 0 Å². The van der Waals surface area contributed by atoms with Crippen LogP contribution in [0.5, 0.6) is 0 Å². The summed E-state index contributed by atoms with van der Waals surface area (Å²) in [6.45, 7) is 13.7. The first kappa shape index (κ1) is 15.6. The second kappa shape index (κ2) is 6.30. The molecule has 0 spiro atoms. The highest BCUT2D eigenvalue weighted by Gasteiger charge is 2.42. The fourth-order valence-corrected chi connectivity index (χ4v) is 3.58. The molecule has 0 aliphatic heterocycles. The van der Waals surface area contributed by atoms with Gasteiger partial charge in [-0.3, -0.25) is 0 Å². The molecule has 1 aliphatic carbocycles. The first-order chi connectivity index (χ1) is 9.43. The highest BCUT2D eigenvalue weighted by Crippen LogP contribution is 2.47. The van der Waals surface area contributed by atoms with Gasteiger partial charge in [-0.25, -0.2) is 0 Å². The average Bonchev–Trinajstić information content (AvgIpc) is 2.36. The largest absolute Gasteiger partial charge is 0.316 e. The molecule has 1 heteroatoms. The van der Waals surface area contributed by atoms with E-state index in [0.717, 1.165) is 24.9 Å². The fraction of sp³-hybridized carbons (Fsp3) is 0.684. The molecule has 1 nitrogen and oxygen atoms in total. The average molecular weight is 273 g/mol. The normalized spacial score (nSPS) is 26.1. The van der Waals surface area contributed by atoms with Crippen molar-refractivity contribution < 1.29 is 0 Å². The molecular weight excluding hydrogens is 242 g/mol. The summed E-state index contributed by atoms with van der Waals surface area (Å²) in [5.74, 6) is 2.23. The predicted molar refractivity (Wildman–Crippen MR) is 88.3 cm³/mol. The summed E-state index contributed by atoms with van der Waals surface area (Å²) >= 11 is 0. The Balaban J connectivity index is 2.07. The van der Waals surface area contributed by atoms with Crippen LogP contribution in [0.2, 0.25) is 0 Å². The molecule has 20 heavy (non-hydrogen) atoms. The zero-order valence-corrected chi connectivity index (χ0v) is 13.9. The number of hydrogen-bond acceptors (Lipinski definition) is 1. The Bertz CT molecular complexity index is 410. The molecule has 0 heterocycles. The van der Waals surface area contributed by atoms with Gasteiger partial charge in [-0.15, -0.1) is 0 Å². The zero-order valence-electron chi connectivity index (χ0n) is 13.9. The highest BCUT2D eigenvalue weighted by molar-refractivity contribution is 5.33. The van der Waals surface area contributed by atoms with Crippen LogP contribution in [0, 0.1) is 11.8 Å². The molecule has 0 radical (unpaired) electrons. The lowest BCUT2D eigenvalue weighted by Gasteiger charge is -2.47. The Morgan fingerprint density at radius 1 is 1.10 bits per heavy atom. The third-order valence-corrected chi connectivity index (χ3v) is 4.68. The van der Waals surface area contributed by atoms with Crippen molar-refractivity contribution in [3.8, 4) is 0 Å². The van der Waals surface area contributed by atoms with Crippen LogP contribution in [0.1, 0.15) is 64.5 Å². The van der Waals surface area contributed by atoms with Crippen molar-refractivity contribution in [2.75, 3.05) is 13.1 Å². The van der Waals surface area contributed by atoms with E-state index in [9.17, 15) is 0 Å². The third-order valence-electron chi connectivity index (χ3n) is 4.68. The summed E-state index contributed by atoms with van der Waals surface area (Å²) in [6, 6.07) is 9.40. The van der Waals surface area contributed by atoms with Gasteiger partial charge in [-0.2, -0.15) is 0 Å². The Labute approximate surface area is 125 Å². The zero-order chi connectivity index (χ0) is 14.8. The van der Waals surface area contributed by atoms with E-state index in [-0.39, 0.29) is 0 Å². The van der Waals surface area contributed by atoms with Gasteiger partial charge in [0.25, 0.3) is 0 Å². The topological polar surface area (TPSA) is 12.0 Å². The van der Waals surface area contributed by atoms with Crippen molar-refractivity contribution in [2.24, 2.45) is 11.8 Å². The Kier molecular flexibility index (Phi) is 4.90. The smallest absolute Gasteiger partial charge is 0.00828 e. The molecular formula is C19H31N. The monoisotopic (exact) mass is 273 g/mol. The van der Waals surface area contributed by atoms with Crippen molar-refractivity contribution in [3.63, 3.8) is 0 Å². The molecule has 0 aromatic heterocycles. The Morgan fingerprint density at radius 2 is 1.70 bits per heavy atom. The van der Waals surface area contributed by atoms with Gasteiger partial charge in [-0.05, 0) is 48.3 Å². The summed E-state index contributed by atoms with van der Waals surface area (Å²) in [7, 11) is 0. The molecule has 1 aliphatic rings. The predicted octanol–water partition coefficient (Wildman–Crippen LogP) is 4.72. The Morgan fingerprint density at radius 3 is 2.15 bits per heavy atom. The van der Waals surface area contributed by atoms with E-state index in [1.165, 1.54) is 24.0 Å². The van der Waals surface area contributed by atoms with Gasteiger partial charge >= 0.3 is 0 Å².